The molecule has 80 valence electrons. The summed E-state index contributed by atoms with van der Waals surface area (Å²) in [6, 6.07) is 3.88. The Morgan fingerprint density at radius 2 is 2.12 bits per heavy atom. The first-order chi connectivity index (χ1) is 7.27. The van der Waals surface area contributed by atoms with E-state index in [0.717, 1.165) is 18.8 Å². The van der Waals surface area contributed by atoms with E-state index in [1.54, 1.807) is 12.4 Å². The van der Waals surface area contributed by atoms with E-state index in [0.29, 0.717) is 12.8 Å². The molecule has 0 unspecified atom stereocenters. The number of rotatable bonds is 2. The number of anilines is 1. The van der Waals surface area contributed by atoms with Crippen LogP contribution >= 0.6 is 0 Å². The molecule has 1 fully saturated rings. The molecule has 4 nitrogen and oxygen atoms in total. The standard InChI is InChI=1S/C11H14N2O2.K/c14-11(15)9-3-6-13(7-4-9)10-2-1-5-12-8-10;/h1-2,5,8-9H,3-4,6-7H2,(H,14,15);/q;+1/p-1. The summed E-state index contributed by atoms with van der Waals surface area (Å²) in [6.07, 6.45) is 4.87. The minimum atomic E-state index is -0.916. The van der Waals surface area contributed by atoms with Gasteiger partial charge in [-0.2, -0.15) is 0 Å². The molecule has 16 heavy (non-hydrogen) atoms. The molecule has 0 N–H and O–H groups in total. The van der Waals surface area contributed by atoms with E-state index in [9.17, 15) is 9.90 Å². The molecule has 0 aliphatic carbocycles. The van der Waals surface area contributed by atoms with Crippen molar-refractivity contribution in [3.8, 4) is 0 Å². The molecule has 1 aliphatic rings. The number of carbonyl (C=O) groups excluding carboxylic acids is 1. The average Bonchev–Trinajstić information content (AvgIpc) is 2.30. The van der Waals surface area contributed by atoms with Gasteiger partial charge in [0.1, 0.15) is 0 Å². The minimum absolute atomic E-state index is 0. The van der Waals surface area contributed by atoms with Gasteiger partial charge in [-0.05, 0) is 25.0 Å². The molecule has 0 radical (unpaired) electrons. The number of hydrogen-bond acceptors (Lipinski definition) is 4. The number of aromatic nitrogens is 1. The predicted molar refractivity (Wildman–Crippen MR) is 54.2 cm³/mol. The molecule has 0 bridgehead atoms. The number of pyridine rings is 1. The van der Waals surface area contributed by atoms with Crippen LogP contribution in [0.3, 0.4) is 0 Å². The number of hydrogen-bond donors (Lipinski definition) is 0. The molecular weight excluding hydrogens is 231 g/mol. The molecule has 5 heteroatoms. The van der Waals surface area contributed by atoms with Gasteiger partial charge in [-0.3, -0.25) is 4.98 Å². The van der Waals surface area contributed by atoms with Crippen molar-refractivity contribution >= 4 is 11.7 Å². The fourth-order valence-electron chi connectivity index (χ4n) is 1.91. The second kappa shape index (κ2) is 6.71. The van der Waals surface area contributed by atoms with Crippen LogP contribution in [0.1, 0.15) is 12.8 Å². The van der Waals surface area contributed by atoms with E-state index in [-0.39, 0.29) is 57.3 Å². The third-order valence-electron chi connectivity index (χ3n) is 2.84. The molecule has 0 saturated carbocycles. The molecule has 0 spiro atoms. The van der Waals surface area contributed by atoms with Crippen molar-refractivity contribution < 1.29 is 61.3 Å². The maximum Gasteiger partial charge on any atom is 1.00 e. The third-order valence-corrected chi connectivity index (χ3v) is 2.84. The van der Waals surface area contributed by atoms with Crippen molar-refractivity contribution in [2.24, 2.45) is 5.92 Å². The fourth-order valence-corrected chi connectivity index (χ4v) is 1.91. The van der Waals surface area contributed by atoms with Crippen LogP contribution < -0.4 is 61.4 Å². The topological polar surface area (TPSA) is 56.3 Å². The van der Waals surface area contributed by atoms with Gasteiger partial charge in [-0.25, -0.2) is 0 Å². The summed E-state index contributed by atoms with van der Waals surface area (Å²) >= 11 is 0. The Kier molecular flexibility index (Phi) is 5.92. The zero-order valence-electron chi connectivity index (χ0n) is 9.43. The van der Waals surface area contributed by atoms with Crippen LogP contribution in [0.4, 0.5) is 5.69 Å². The molecule has 1 saturated heterocycles. The molecule has 1 aromatic rings. The van der Waals surface area contributed by atoms with Gasteiger partial charge >= 0.3 is 51.4 Å². The smallest absolute Gasteiger partial charge is 0.550 e. The fraction of sp³-hybridized carbons (Fsp3) is 0.455. The molecule has 0 amide bonds. The third kappa shape index (κ3) is 3.53. The number of piperidine rings is 1. The minimum Gasteiger partial charge on any atom is -0.550 e. The quantitative estimate of drug-likeness (QED) is 0.522. The van der Waals surface area contributed by atoms with E-state index in [1.165, 1.54) is 0 Å². The van der Waals surface area contributed by atoms with Crippen molar-refractivity contribution in [3.05, 3.63) is 24.5 Å². The zero-order valence-corrected chi connectivity index (χ0v) is 12.5. The van der Waals surface area contributed by atoms with Gasteiger partial charge in [0, 0.05) is 31.2 Å². The number of carbonyl (C=O) groups is 1. The van der Waals surface area contributed by atoms with Crippen molar-refractivity contribution in [2.45, 2.75) is 12.8 Å². The van der Waals surface area contributed by atoms with Crippen LogP contribution in [0.25, 0.3) is 0 Å². The van der Waals surface area contributed by atoms with Gasteiger partial charge in [-0.15, -0.1) is 0 Å². The number of carboxylic acid groups (broad SMARTS) is 1. The second-order valence-electron chi connectivity index (χ2n) is 3.79. The van der Waals surface area contributed by atoms with Crippen LogP contribution in [0.2, 0.25) is 0 Å². The zero-order chi connectivity index (χ0) is 10.7. The monoisotopic (exact) mass is 244 g/mol. The number of aliphatic carboxylic acids is 1. The van der Waals surface area contributed by atoms with Crippen molar-refractivity contribution in [2.75, 3.05) is 18.0 Å². The van der Waals surface area contributed by atoms with E-state index in [2.05, 4.69) is 9.88 Å². The summed E-state index contributed by atoms with van der Waals surface area (Å²) in [7, 11) is 0. The van der Waals surface area contributed by atoms with Crippen molar-refractivity contribution in [3.63, 3.8) is 0 Å². The number of carboxylic acids is 1. The Balaban J connectivity index is 0.00000128. The number of nitrogens with zero attached hydrogens (tertiary/aromatic N) is 2. The normalized spacial score (nSPS) is 16.6. The van der Waals surface area contributed by atoms with Crippen LogP contribution in [-0.2, 0) is 4.79 Å². The van der Waals surface area contributed by atoms with Crippen LogP contribution in [0.5, 0.6) is 0 Å². The van der Waals surface area contributed by atoms with Gasteiger partial charge in [0.15, 0.2) is 0 Å². The summed E-state index contributed by atoms with van der Waals surface area (Å²) in [4.78, 5) is 16.9. The molecule has 1 aliphatic heterocycles. The maximum absolute atomic E-state index is 10.7. The average molecular weight is 244 g/mol. The summed E-state index contributed by atoms with van der Waals surface area (Å²) in [6.45, 7) is 1.54. The summed E-state index contributed by atoms with van der Waals surface area (Å²) in [5.41, 5.74) is 1.06. The Labute approximate surface area is 137 Å². The van der Waals surface area contributed by atoms with Crippen molar-refractivity contribution in [1.82, 2.24) is 4.98 Å². The first-order valence-corrected chi connectivity index (χ1v) is 5.13. The van der Waals surface area contributed by atoms with Crippen molar-refractivity contribution in [1.29, 1.82) is 0 Å². The SMILES string of the molecule is O=C([O-])C1CCN(c2cccnc2)CC1.[K+]. The second-order valence-corrected chi connectivity index (χ2v) is 3.79. The first-order valence-electron chi connectivity index (χ1n) is 5.13. The Bertz CT molecular complexity index is 337. The largest absolute Gasteiger partial charge is 1.00 e. The molecule has 0 aromatic carbocycles. The maximum atomic E-state index is 10.7. The van der Waals surface area contributed by atoms with Crippen LogP contribution in [-0.4, -0.2) is 24.0 Å². The Hall–Kier alpha value is 0.0564. The van der Waals surface area contributed by atoms with Gasteiger partial charge in [-0.1, -0.05) is 0 Å². The van der Waals surface area contributed by atoms with E-state index >= 15 is 0 Å². The predicted octanol–water partition coefficient (Wildman–Crippen LogP) is -2.95. The summed E-state index contributed by atoms with van der Waals surface area (Å²) in [5.74, 6) is -1.20. The van der Waals surface area contributed by atoms with Gasteiger partial charge in [0.2, 0.25) is 0 Å². The summed E-state index contributed by atoms with van der Waals surface area (Å²) in [5, 5.41) is 10.7. The van der Waals surface area contributed by atoms with Gasteiger partial charge < -0.3 is 14.8 Å². The van der Waals surface area contributed by atoms with E-state index in [4.69, 9.17) is 0 Å². The molecule has 0 atom stereocenters. The van der Waals surface area contributed by atoms with E-state index in [1.807, 2.05) is 12.1 Å². The Morgan fingerprint density at radius 1 is 1.44 bits per heavy atom. The van der Waals surface area contributed by atoms with Crippen LogP contribution in [0.15, 0.2) is 24.5 Å². The molecule has 1 aromatic heterocycles. The van der Waals surface area contributed by atoms with Gasteiger partial charge in [0.05, 0.1) is 11.9 Å². The van der Waals surface area contributed by atoms with E-state index < -0.39 is 5.97 Å². The van der Waals surface area contributed by atoms with Crippen LogP contribution in [0, 0.1) is 5.92 Å². The molecule has 2 rings (SSSR count). The van der Waals surface area contributed by atoms with Gasteiger partial charge in [0.25, 0.3) is 0 Å². The first kappa shape index (κ1) is 14.1. The molecule has 2 heterocycles. The molecular formula is C11H13KN2O2. The Morgan fingerprint density at radius 3 is 2.62 bits per heavy atom. The summed E-state index contributed by atoms with van der Waals surface area (Å²) < 4.78 is 0.